The molecule has 0 spiro atoms. The summed E-state index contributed by atoms with van der Waals surface area (Å²) >= 11 is 0. The van der Waals surface area contributed by atoms with Crippen molar-refractivity contribution in [2.45, 2.75) is 70.6 Å². The lowest BCUT2D eigenvalue weighted by Crippen LogP contribution is -2.64. The third-order valence-electron chi connectivity index (χ3n) is 6.82. The highest BCUT2D eigenvalue weighted by atomic mass is 16.3. The zero-order chi connectivity index (χ0) is 22.3. The Kier molecular flexibility index (Phi) is 5.19. The number of hydrogen-bond acceptors (Lipinski definition) is 4. The van der Waals surface area contributed by atoms with Crippen molar-refractivity contribution in [2.75, 3.05) is 0 Å². The maximum absolute atomic E-state index is 13.7. The van der Waals surface area contributed by atoms with Gasteiger partial charge in [-0.2, -0.15) is 0 Å². The number of carbonyl (C=O) groups is 2. The molecule has 0 radical (unpaired) electrons. The molecule has 32 heavy (non-hydrogen) atoms. The van der Waals surface area contributed by atoms with Gasteiger partial charge in [-0.1, -0.05) is 19.3 Å². The molecule has 4 heterocycles. The van der Waals surface area contributed by atoms with Crippen LogP contribution in [0.5, 0.6) is 0 Å². The van der Waals surface area contributed by atoms with E-state index < -0.39 is 5.54 Å². The summed E-state index contributed by atoms with van der Waals surface area (Å²) in [6.07, 6.45) is 7.05. The second kappa shape index (κ2) is 8.04. The van der Waals surface area contributed by atoms with Gasteiger partial charge in [0.05, 0.1) is 25.0 Å². The molecule has 3 aromatic heterocycles. The van der Waals surface area contributed by atoms with E-state index in [9.17, 15) is 9.59 Å². The minimum absolute atomic E-state index is 0.120. The van der Waals surface area contributed by atoms with E-state index in [1.807, 2.05) is 48.7 Å². The van der Waals surface area contributed by atoms with E-state index in [1.54, 1.807) is 17.2 Å². The van der Waals surface area contributed by atoms with Crippen molar-refractivity contribution >= 4 is 11.8 Å². The quantitative estimate of drug-likeness (QED) is 0.639. The Morgan fingerprint density at radius 3 is 2.59 bits per heavy atom. The maximum atomic E-state index is 13.7. The zero-order valence-corrected chi connectivity index (χ0v) is 18.6. The van der Waals surface area contributed by atoms with Gasteiger partial charge in [0.1, 0.15) is 28.5 Å². The van der Waals surface area contributed by atoms with Crippen molar-refractivity contribution in [3.63, 3.8) is 0 Å². The number of aromatic nitrogens is 1. The SMILES string of the molecule is Cc1ccc(CN2C(=O)c3ccc(-c4ccco4)n3CC2(C)C(=O)NC2CCCCC2)o1. The largest absolute Gasteiger partial charge is 0.464 e. The summed E-state index contributed by atoms with van der Waals surface area (Å²) in [5, 5.41) is 3.25. The number of amides is 2. The summed E-state index contributed by atoms with van der Waals surface area (Å²) < 4.78 is 13.3. The Hall–Kier alpha value is -3.22. The number of aryl methyl sites for hydroxylation is 1. The summed E-state index contributed by atoms with van der Waals surface area (Å²) in [7, 11) is 0. The second-order valence-corrected chi connectivity index (χ2v) is 9.15. The van der Waals surface area contributed by atoms with Crippen LogP contribution in [0.3, 0.4) is 0 Å². The van der Waals surface area contributed by atoms with Crippen LogP contribution in [0.1, 0.15) is 61.0 Å². The molecule has 5 rings (SSSR count). The van der Waals surface area contributed by atoms with Crippen LogP contribution in [0.2, 0.25) is 0 Å². The topological polar surface area (TPSA) is 80.6 Å². The summed E-state index contributed by atoms with van der Waals surface area (Å²) in [4.78, 5) is 29.0. The summed E-state index contributed by atoms with van der Waals surface area (Å²) in [6, 6.07) is 11.3. The molecule has 0 saturated heterocycles. The third-order valence-corrected chi connectivity index (χ3v) is 6.82. The fourth-order valence-corrected chi connectivity index (χ4v) is 4.97. The van der Waals surface area contributed by atoms with E-state index in [1.165, 1.54) is 6.42 Å². The predicted molar refractivity (Wildman–Crippen MR) is 119 cm³/mol. The molecular formula is C25H29N3O4. The first-order valence-electron chi connectivity index (χ1n) is 11.4. The Balaban J connectivity index is 1.52. The van der Waals surface area contributed by atoms with Gasteiger partial charge >= 0.3 is 0 Å². The number of hydrogen-bond donors (Lipinski definition) is 1. The molecule has 1 atom stereocenters. The van der Waals surface area contributed by atoms with Gasteiger partial charge in [-0.25, -0.2) is 0 Å². The van der Waals surface area contributed by atoms with E-state index in [2.05, 4.69) is 5.32 Å². The molecule has 0 bridgehead atoms. The molecule has 1 fully saturated rings. The lowest BCUT2D eigenvalue weighted by atomic mass is 9.91. The van der Waals surface area contributed by atoms with Gasteiger partial charge in [-0.15, -0.1) is 0 Å². The molecule has 2 amide bonds. The molecule has 168 valence electrons. The van der Waals surface area contributed by atoms with Crippen LogP contribution in [0, 0.1) is 6.92 Å². The van der Waals surface area contributed by atoms with E-state index in [4.69, 9.17) is 8.83 Å². The van der Waals surface area contributed by atoms with Crippen LogP contribution in [0.25, 0.3) is 11.5 Å². The molecule has 7 heteroatoms. The van der Waals surface area contributed by atoms with Crippen LogP contribution in [0.15, 0.2) is 51.5 Å². The molecule has 3 aromatic rings. The van der Waals surface area contributed by atoms with Gasteiger partial charge in [0.25, 0.3) is 5.91 Å². The smallest absolute Gasteiger partial charge is 0.271 e. The van der Waals surface area contributed by atoms with Gasteiger partial charge in [0.15, 0.2) is 0 Å². The van der Waals surface area contributed by atoms with Crippen molar-refractivity contribution in [1.29, 1.82) is 0 Å². The molecule has 1 aliphatic heterocycles. The molecule has 1 aliphatic carbocycles. The molecule has 1 N–H and O–H groups in total. The first-order valence-corrected chi connectivity index (χ1v) is 11.4. The molecule has 0 aromatic carbocycles. The Morgan fingerprint density at radius 2 is 1.91 bits per heavy atom. The van der Waals surface area contributed by atoms with E-state index in [0.717, 1.165) is 37.1 Å². The van der Waals surface area contributed by atoms with Gasteiger partial charge in [0.2, 0.25) is 5.91 Å². The van der Waals surface area contributed by atoms with Gasteiger partial charge in [-0.3, -0.25) is 9.59 Å². The van der Waals surface area contributed by atoms with E-state index >= 15 is 0 Å². The van der Waals surface area contributed by atoms with Crippen LogP contribution in [-0.4, -0.2) is 32.9 Å². The fourth-order valence-electron chi connectivity index (χ4n) is 4.97. The van der Waals surface area contributed by atoms with Crippen LogP contribution in [-0.2, 0) is 17.9 Å². The molecule has 1 unspecified atom stereocenters. The summed E-state index contributed by atoms with van der Waals surface area (Å²) in [6.45, 7) is 4.31. The first-order chi connectivity index (χ1) is 15.5. The second-order valence-electron chi connectivity index (χ2n) is 9.15. The van der Waals surface area contributed by atoms with Crippen molar-refractivity contribution in [3.05, 3.63) is 59.9 Å². The number of nitrogens with zero attached hydrogens (tertiary/aromatic N) is 2. The van der Waals surface area contributed by atoms with Crippen LogP contribution in [0.4, 0.5) is 0 Å². The predicted octanol–water partition coefficient (Wildman–Crippen LogP) is 4.51. The Morgan fingerprint density at radius 1 is 1.12 bits per heavy atom. The normalized spacial score (nSPS) is 21.6. The number of fused-ring (bicyclic) bond motifs is 1. The van der Waals surface area contributed by atoms with Crippen LogP contribution >= 0.6 is 0 Å². The first kappa shape index (κ1) is 20.7. The average Bonchev–Trinajstić information content (AvgIpc) is 3.53. The standard InChI is InChI=1S/C25H29N3O4/c1-17-10-11-19(32-17)15-28-23(29)21-13-12-20(22-9-6-14-31-22)27(21)16-25(28,2)24(30)26-18-7-4-3-5-8-18/h6,9-14,18H,3-5,7-8,15-16H2,1-2H3,(H,26,30). The monoisotopic (exact) mass is 435 g/mol. The van der Waals surface area contributed by atoms with Gasteiger partial charge in [0, 0.05) is 6.04 Å². The zero-order valence-electron chi connectivity index (χ0n) is 18.6. The highest BCUT2D eigenvalue weighted by Gasteiger charge is 2.48. The van der Waals surface area contributed by atoms with Crippen molar-refractivity contribution in [2.24, 2.45) is 0 Å². The average molecular weight is 436 g/mol. The molecule has 2 aliphatic rings. The van der Waals surface area contributed by atoms with Crippen molar-refractivity contribution in [1.82, 2.24) is 14.8 Å². The van der Waals surface area contributed by atoms with E-state index in [-0.39, 0.29) is 24.4 Å². The van der Waals surface area contributed by atoms with Gasteiger partial charge in [-0.05, 0) is 63.1 Å². The summed E-state index contributed by atoms with van der Waals surface area (Å²) in [5.74, 6) is 1.81. The van der Waals surface area contributed by atoms with Gasteiger partial charge < -0.3 is 23.6 Å². The minimum atomic E-state index is -1.07. The van der Waals surface area contributed by atoms with Crippen LogP contribution < -0.4 is 5.32 Å². The number of rotatable bonds is 5. The molecule has 7 nitrogen and oxygen atoms in total. The number of furan rings is 2. The molecular weight excluding hydrogens is 406 g/mol. The molecule has 1 saturated carbocycles. The van der Waals surface area contributed by atoms with Crippen molar-refractivity contribution < 1.29 is 18.4 Å². The van der Waals surface area contributed by atoms with Crippen molar-refractivity contribution in [3.8, 4) is 11.5 Å². The maximum Gasteiger partial charge on any atom is 0.271 e. The highest BCUT2D eigenvalue weighted by molar-refractivity contribution is 6.00. The highest BCUT2D eigenvalue weighted by Crippen LogP contribution is 2.35. The Bertz CT molecular complexity index is 1120. The third kappa shape index (κ3) is 3.55. The minimum Gasteiger partial charge on any atom is -0.464 e. The lowest BCUT2D eigenvalue weighted by molar-refractivity contribution is -0.134. The number of nitrogens with one attached hydrogen (secondary N) is 1. The van der Waals surface area contributed by atoms with E-state index in [0.29, 0.717) is 23.8 Å². The lowest BCUT2D eigenvalue weighted by Gasteiger charge is -2.44. The summed E-state index contributed by atoms with van der Waals surface area (Å²) in [5.41, 5.74) is 0.272. The Labute approximate surface area is 187 Å². The fraction of sp³-hybridized carbons (Fsp3) is 0.440. The number of carbonyl (C=O) groups excluding carboxylic acids is 2.